The fraction of sp³-hybridized carbons (Fsp3) is 0.0588. The van der Waals surface area contributed by atoms with E-state index in [-0.39, 0.29) is 0 Å². The van der Waals surface area contributed by atoms with Gasteiger partial charge in [0.2, 0.25) is 0 Å². The van der Waals surface area contributed by atoms with E-state index in [4.69, 9.17) is 0 Å². The van der Waals surface area contributed by atoms with E-state index in [1.54, 1.807) is 0 Å². The molecule has 0 unspecified atom stereocenters. The van der Waals surface area contributed by atoms with E-state index in [2.05, 4.69) is 158 Å². The molecule has 5 aromatic carbocycles. The first-order valence-electron chi connectivity index (χ1n) is 12.2. The number of benzene rings is 5. The number of hydrogen-bond donors (Lipinski definition) is 0. The van der Waals surface area contributed by atoms with Gasteiger partial charge in [0.15, 0.2) is 0 Å². The van der Waals surface area contributed by atoms with Crippen molar-refractivity contribution in [1.82, 2.24) is 0 Å². The lowest BCUT2D eigenvalue weighted by Crippen LogP contribution is -2.34. The Kier molecular flexibility index (Phi) is 7.32. The predicted octanol–water partition coefficient (Wildman–Crippen LogP) is 7.44. The second kappa shape index (κ2) is 11.1. The molecular weight excluding hydrogens is 439 g/mol. The Balaban J connectivity index is 1.68. The van der Waals surface area contributed by atoms with Crippen molar-refractivity contribution >= 4 is 29.3 Å². The van der Waals surface area contributed by atoms with Crippen LogP contribution < -0.4 is 15.9 Å². The van der Waals surface area contributed by atoms with Gasteiger partial charge in [-0.2, -0.15) is 0 Å². The summed E-state index contributed by atoms with van der Waals surface area (Å²) in [6.07, 6.45) is 6.45. The van der Waals surface area contributed by atoms with Crippen LogP contribution in [-0.2, 0) is 12.6 Å². The molecule has 170 valence electrons. The van der Waals surface area contributed by atoms with Crippen molar-refractivity contribution in [2.75, 3.05) is 0 Å². The normalized spacial score (nSPS) is 11.5. The van der Waals surface area contributed by atoms with E-state index in [9.17, 15) is 0 Å². The minimum absolute atomic E-state index is 0.904. The van der Waals surface area contributed by atoms with Crippen LogP contribution in [0, 0.1) is 0 Å². The summed E-state index contributed by atoms with van der Waals surface area (Å²) >= 11 is 0. The van der Waals surface area contributed by atoms with E-state index in [1.807, 2.05) is 0 Å². The van der Waals surface area contributed by atoms with Gasteiger partial charge in [-0.1, -0.05) is 127 Å². The van der Waals surface area contributed by atoms with E-state index in [0.29, 0.717) is 0 Å². The first kappa shape index (κ1) is 23.0. The summed E-state index contributed by atoms with van der Waals surface area (Å²) in [7, 11) is -1.96. The van der Waals surface area contributed by atoms with Crippen molar-refractivity contribution < 1.29 is 0 Å². The highest BCUT2D eigenvalue weighted by Crippen LogP contribution is 2.58. The predicted molar refractivity (Wildman–Crippen MR) is 154 cm³/mol. The van der Waals surface area contributed by atoms with E-state index < -0.39 is 7.26 Å². The topological polar surface area (TPSA) is 0 Å². The fourth-order valence-electron chi connectivity index (χ4n) is 4.86. The molecule has 0 N–H and O–H groups in total. The summed E-state index contributed by atoms with van der Waals surface area (Å²) in [6, 6.07) is 53.0. The number of allylic oxidation sites excluding steroid dienone is 1. The van der Waals surface area contributed by atoms with Crippen molar-refractivity contribution in [2.24, 2.45) is 0 Å². The monoisotopic (exact) mass is 469 g/mol. The average molecular weight is 470 g/mol. The Morgan fingerprint density at radius 1 is 0.486 bits per heavy atom. The SMILES string of the molecule is C(=Cc1ccccc1)Cc1ccccc1[P+](Cc1ccccc1)(c1ccccc1)c1ccccc1. The van der Waals surface area contributed by atoms with E-state index >= 15 is 0 Å². The molecule has 1 heteroatoms. The molecular formula is C34H30P+. The molecule has 35 heavy (non-hydrogen) atoms. The van der Waals surface area contributed by atoms with Crippen molar-refractivity contribution in [2.45, 2.75) is 12.6 Å². The summed E-state index contributed by atoms with van der Waals surface area (Å²) in [5, 5.41) is 4.32. The smallest absolute Gasteiger partial charge is 0.0794 e. The molecule has 5 aromatic rings. The molecule has 0 bridgehead atoms. The van der Waals surface area contributed by atoms with Crippen molar-refractivity contribution in [3.63, 3.8) is 0 Å². The highest BCUT2D eigenvalue weighted by molar-refractivity contribution is 7.95. The maximum absolute atomic E-state index is 2.38. The van der Waals surface area contributed by atoms with Crippen LogP contribution in [-0.4, -0.2) is 0 Å². The highest BCUT2D eigenvalue weighted by Gasteiger charge is 2.46. The molecule has 0 aromatic heterocycles. The lowest BCUT2D eigenvalue weighted by molar-refractivity contribution is 1.29. The van der Waals surface area contributed by atoms with Crippen molar-refractivity contribution in [3.05, 3.63) is 168 Å². The van der Waals surface area contributed by atoms with Gasteiger partial charge in [-0.15, -0.1) is 0 Å². The molecule has 0 nitrogen and oxygen atoms in total. The standard InChI is InChI=1S/C34H30P/c1-5-16-29(17-6-1)20-15-22-31-21-13-14-27-34(31)35(32-23-9-3-10-24-32,33-25-11-4-12-26-33)28-30-18-7-2-8-19-30/h1-21,23-27H,22,28H2/q+1. The van der Waals surface area contributed by atoms with E-state index in [1.165, 1.54) is 32.6 Å². The van der Waals surface area contributed by atoms with E-state index in [0.717, 1.165) is 12.6 Å². The lowest BCUT2D eigenvalue weighted by Gasteiger charge is -2.29. The van der Waals surface area contributed by atoms with Gasteiger partial charge in [0, 0.05) is 0 Å². The third kappa shape index (κ3) is 5.19. The zero-order valence-corrected chi connectivity index (χ0v) is 20.8. The van der Waals surface area contributed by atoms with Gasteiger partial charge in [-0.05, 0) is 53.4 Å². The maximum atomic E-state index is 2.38. The van der Waals surface area contributed by atoms with Crippen LogP contribution >= 0.6 is 7.26 Å². The minimum Gasteiger partial charge on any atom is -0.0794 e. The van der Waals surface area contributed by atoms with Crippen LogP contribution in [0.5, 0.6) is 0 Å². The Morgan fingerprint density at radius 3 is 1.57 bits per heavy atom. The second-order valence-corrected chi connectivity index (χ2v) is 12.2. The summed E-state index contributed by atoms with van der Waals surface area (Å²) in [4.78, 5) is 0. The first-order valence-corrected chi connectivity index (χ1v) is 14.2. The molecule has 0 spiro atoms. The summed E-state index contributed by atoms with van der Waals surface area (Å²) in [5.74, 6) is 0. The Bertz CT molecular complexity index is 1320. The molecule has 0 aliphatic carbocycles. The lowest BCUT2D eigenvalue weighted by atomic mass is 10.1. The Hall–Kier alpha value is -3.73. The van der Waals surface area contributed by atoms with Gasteiger partial charge < -0.3 is 0 Å². The van der Waals surface area contributed by atoms with Gasteiger partial charge in [0.1, 0.15) is 23.2 Å². The minimum atomic E-state index is -1.96. The summed E-state index contributed by atoms with van der Waals surface area (Å²) < 4.78 is 0. The van der Waals surface area contributed by atoms with Crippen molar-refractivity contribution in [1.29, 1.82) is 0 Å². The van der Waals surface area contributed by atoms with Crippen LogP contribution in [0.1, 0.15) is 16.7 Å². The van der Waals surface area contributed by atoms with Crippen LogP contribution in [0.25, 0.3) is 6.08 Å². The van der Waals surface area contributed by atoms with Gasteiger partial charge in [-0.3, -0.25) is 0 Å². The molecule has 0 radical (unpaired) electrons. The molecule has 0 aliphatic rings. The molecule has 0 amide bonds. The van der Waals surface area contributed by atoms with Gasteiger partial charge in [0.25, 0.3) is 0 Å². The molecule has 0 saturated heterocycles. The van der Waals surface area contributed by atoms with Crippen LogP contribution in [0.15, 0.2) is 152 Å². The molecule has 5 rings (SSSR count). The van der Waals surface area contributed by atoms with Crippen LogP contribution in [0.2, 0.25) is 0 Å². The quantitative estimate of drug-likeness (QED) is 0.207. The summed E-state index contributed by atoms with van der Waals surface area (Å²) in [5.41, 5.74) is 4.02. The largest absolute Gasteiger partial charge is 0.116 e. The summed E-state index contributed by atoms with van der Waals surface area (Å²) in [6.45, 7) is 0. The average Bonchev–Trinajstić information content (AvgIpc) is 2.94. The highest BCUT2D eigenvalue weighted by atomic mass is 31.2. The maximum Gasteiger partial charge on any atom is 0.116 e. The number of hydrogen-bond acceptors (Lipinski definition) is 0. The molecule has 0 heterocycles. The molecule has 0 saturated carbocycles. The Morgan fingerprint density at radius 2 is 0.971 bits per heavy atom. The second-order valence-electron chi connectivity index (χ2n) is 8.77. The van der Waals surface area contributed by atoms with Gasteiger partial charge in [-0.25, -0.2) is 0 Å². The third-order valence-electron chi connectivity index (χ3n) is 6.51. The molecule has 0 aliphatic heterocycles. The zero-order valence-electron chi connectivity index (χ0n) is 19.9. The van der Waals surface area contributed by atoms with Crippen molar-refractivity contribution in [3.8, 4) is 0 Å². The zero-order chi connectivity index (χ0) is 23.8. The van der Waals surface area contributed by atoms with Gasteiger partial charge in [0.05, 0.1) is 6.16 Å². The van der Waals surface area contributed by atoms with Crippen LogP contribution in [0.4, 0.5) is 0 Å². The van der Waals surface area contributed by atoms with Crippen LogP contribution in [0.3, 0.4) is 0 Å². The molecule has 0 atom stereocenters. The number of rotatable bonds is 8. The third-order valence-corrected chi connectivity index (χ3v) is 11.0. The van der Waals surface area contributed by atoms with Gasteiger partial charge >= 0.3 is 0 Å². The first-order chi connectivity index (χ1) is 17.4. The Labute approximate surface area is 210 Å². The fourth-order valence-corrected chi connectivity index (χ4v) is 9.37. The molecule has 0 fully saturated rings.